The molecular weight excluding hydrogens is 388 g/mol. The minimum Gasteiger partial charge on any atom is -0.319 e. The van der Waals surface area contributed by atoms with Gasteiger partial charge in [-0.25, -0.2) is 0 Å². The number of hydrogen-bond donors (Lipinski definition) is 0. The van der Waals surface area contributed by atoms with Crippen LogP contribution in [0.2, 0.25) is 5.02 Å². The summed E-state index contributed by atoms with van der Waals surface area (Å²) in [5.74, 6) is 0. The van der Waals surface area contributed by atoms with Crippen molar-refractivity contribution in [3.63, 3.8) is 0 Å². The van der Waals surface area contributed by atoms with Crippen LogP contribution >= 0.6 is 51.7 Å². The van der Waals surface area contributed by atoms with E-state index in [9.17, 15) is 0 Å². The zero-order valence-electron chi connectivity index (χ0n) is 11.4. The van der Waals surface area contributed by atoms with Crippen molar-refractivity contribution in [3.8, 4) is 0 Å². The van der Waals surface area contributed by atoms with E-state index >= 15 is 0 Å². The van der Waals surface area contributed by atoms with Crippen LogP contribution in [-0.4, -0.2) is 23.2 Å². The van der Waals surface area contributed by atoms with E-state index in [1.54, 1.807) is 11.8 Å². The van der Waals surface area contributed by atoms with Gasteiger partial charge >= 0.3 is 0 Å². The average Bonchev–Trinajstić information content (AvgIpc) is 2.99. The Labute approximate surface area is 147 Å². The van der Waals surface area contributed by atoms with Gasteiger partial charge in [0.15, 0.2) is 5.17 Å². The highest BCUT2D eigenvalue weighted by Gasteiger charge is 2.30. The second-order valence-corrected chi connectivity index (χ2v) is 7.61. The van der Waals surface area contributed by atoms with Crippen molar-refractivity contribution in [2.75, 3.05) is 13.1 Å². The lowest BCUT2D eigenvalue weighted by molar-refractivity contribution is 0.542. The summed E-state index contributed by atoms with van der Waals surface area (Å²) in [6.45, 7) is 4.21. The first-order valence-corrected chi connectivity index (χ1v) is 8.64. The number of amidine groups is 1. The quantitative estimate of drug-likeness (QED) is 0.615. The number of fused-ring (bicyclic) bond motifs is 2. The van der Waals surface area contributed by atoms with Crippen LogP contribution in [0.15, 0.2) is 34.2 Å². The van der Waals surface area contributed by atoms with Crippen LogP contribution in [-0.2, 0) is 0 Å². The molecule has 6 heteroatoms. The molecule has 2 aliphatic rings. The highest BCUT2D eigenvalue weighted by molar-refractivity contribution is 8.93. The van der Waals surface area contributed by atoms with E-state index in [0.717, 1.165) is 35.1 Å². The van der Waals surface area contributed by atoms with Gasteiger partial charge in [-0.1, -0.05) is 29.4 Å². The molecule has 1 aromatic heterocycles. The summed E-state index contributed by atoms with van der Waals surface area (Å²) in [6, 6.07) is 8.33. The van der Waals surface area contributed by atoms with E-state index in [0.29, 0.717) is 0 Å². The molecule has 0 saturated carbocycles. The zero-order chi connectivity index (χ0) is 13.7. The van der Waals surface area contributed by atoms with Gasteiger partial charge in [0, 0.05) is 33.1 Å². The predicted octanol–water partition coefficient (Wildman–Crippen LogP) is 5.63. The fourth-order valence-electron chi connectivity index (χ4n) is 2.70. The third-order valence-electron chi connectivity index (χ3n) is 3.61. The molecule has 2 aliphatic heterocycles. The van der Waals surface area contributed by atoms with E-state index in [1.807, 2.05) is 23.5 Å². The maximum Gasteiger partial charge on any atom is 0.168 e. The van der Waals surface area contributed by atoms with E-state index < -0.39 is 0 Å². The first-order chi connectivity index (χ1) is 9.74. The number of halogens is 2. The maximum atomic E-state index is 6.30. The molecule has 0 N–H and O–H groups in total. The normalized spacial score (nSPS) is 17.8. The molecule has 1 aromatic carbocycles. The average molecular weight is 402 g/mol. The molecule has 0 radical (unpaired) electrons. The Morgan fingerprint density at radius 2 is 2.19 bits per heavy atom. The molecule has 2 nitrogen and oxygen atoms in total. The second-order valence-electron chi connectivity index (χ2n) is 4.94. The zero-order valence-corrected chi connectivity index (χ0v) is 15.5. The number of allylic oxidation sites excluding steroid dienone is 1. The van der Waals surface area contributed by atoms with Crippen molar-refractivity contribution in [1.29, 1.82) is 0 Å². The lowest BCUT2D eigenvalue weighted by atomic mass is 10.2. The highest BCUT2D eigenvalue weighted by Crippen LogP contribution is 2.44. The first kappa shape index (κ1) is 15.4. The van der Waals surface area contributed by atoms with E-state index in [2.05, 4.69) is 28.9 Å². The van der Waals surface area contributed by atoms with Crippen molar-refractivity contribution < 1.29 is 0 Å². The number of thiophene rings is 1. The minimum absolute atomic E-state index is 0. The fraction of sp³-hybridized carbons (Fsp3) is 0.267. The molecule has 0 saturated heterocycles. The summed E-state index contributed by atoms with van der Waals surface area (Å²) >= 11 is 9.91. The minimum atomic E-state index is 0. The third kappa shape index (κ3) is 2.54. The van der Waals surface area contributed by atoms with Gasteiger partial charge in [0.05, 0.1) is 10.6 Å². The Balaban J connectivity index is 0.00000132. The number of hydrogen-bond acceptors (Lipinski definition) is 4. The van der Waals surface area contributed by atoms with Gasteiger partial charge in [-0.15, -0.1) is 28.3 Å². The molecule has 0 aliphatic carbocycles. The molecule has 0 bridgehead atoms. The van der Waals surface area contributed by atoms with Gasteiger partial charge in [-0.3, -0.25) is 4.99 Å². The van der Waals surface area contributed by atoms with Crippen LogP contribution in [0.25, 0.3) is 15.8 Å². The van der Waals surface area contributed by atoms with Crippen molar-refractivity contribution in [2.24, 2.45) is 4.99 Å². The van der Waals surface area contributed by atoms with Crippen LogP contribution < -0.4 is 0 Å². The van der Waals surface area contributed by atoms with E-state index in [-0.39, 0.29) is 17.0 Å². The molecule has 0 spiro atoms. The fourth-order valence-corrected chi connectivity index (χ4v) is 5.29. The summed E-state index contributed by atoms with van der Waals surface area (Å²) in [6.07, 6.45) is 1.13. The monoisotopic (exact) mass is 400 g/mol. The van der Waals surface area contributed by atoms with Crippen LogP contribution in [0.5, 0.6) is 0 Å². The van der Waals surface area contributed by atoms with E-state index in [4.69, 9.17) is 11.6 Å². The van der Waals surface area contributed by atoms with Gasteiger partial charge in [-0.2, -0.15) is 0 Å². The molecule has 0 amide bonds. The topological polar surface area (TPSA) is 15.6 Å². The molecule has 0 unspecified atom stereocenters. The van der Waals surface area contributed by atoms with Crippen molar-refractivity contribution >= 4 is 72.6 Å². The van der Waals surface area contributed by atoms with Gasteiger partial charge in [-0.05, 0) is 31.5 Å². The van der Waals surface area contributed by atoms with Gasteiger partial charge in [0.2, 0.25) is 0 Å². The van der Waals surface area contributed by atoms with Crippen LogP contribution in [0.4, 0.5) is 0 Å². The van der Waals surface area contributed by atoms with Crippen LogP contribution in [0, 0.1) is 0 Å². The number of rotatable bonds is 1. The SMILES string of the molecule is Br.CC1=C(c2cc3c(Cl)cccc3s2)N2CCCN=C2S1. The summed E-state index contributed by atoms with van der Waals surface area (Å²) in [5.41, 5.74) is 1.32. The first-order valence-electron chi connectivity index (χ1n) is 6.63. The smallest absolute Gasteiger partial charge is 0.168 e. The Bertz CT molecular complexity index is 766. The van der Waals surface area contributed by atoms with Crippen molar-refractivity contribution in [1.82, 2.24) is 4.90 Å². The lowest BCUT2D eigenvalue weighted by Crippen LogP contribution is -2.28. The molecule has 2 aromatic rings. The van der Waals surface area contributed by atoms with Crippen LogP contribution in [0.1, 0.15) is 18.2 Å². The van der Waals surface area contributed by atoms with Gasteiger partial charge < -0.3 is 4.90 Å². The van der Waals surface area contributed by atoms with Gasteiger partial charge in [0.25, 0.3) is 0 Å². The standard InChI is InChI=1S/C15H13ClN2S2.BrH/c1-9-14(18-7-3-6-17-15(18)19-9)13-8-10-11(16)4-2-5-12(10)20-13;/h2,4-5,8H,3,6-7H2,1H3;1H. The Kier molecular flexibility index (Phi) is 4.37. The summed E-state index contributed by atoms with van der Waals surface area (Å²) in [4.78, 5) is 9.63. The molecule has 0 fully saturated rings. The van der Waals surface area contributed by atoms with Crippen molar-refractivity contribution in [3.05, 3.63) is 39.1 Å². The lowest BCUT2D eigenvalue weighted by Gasteiger charge is -2.24. The molecule has 4 rings (SSSR count). The number of benzene rings is 1. The van der Waals surface area contributed by atoms with Gasteiger partial charge in [0.1, 0.15) is 0 Å². The highest BCUT2D eigenvalue weighted by atomic mass is 79.9. The Morgan fingerprint density at radius 1 is 1.33 bits per heavy atom. The molecule has 110 valence electrons. The third-order valence-corrected chi connectivity index (χ3v) is 6.08. The van der Waals surface area contributed by atoms with Crippen LogP contribution in [0.3, 0.4) is 0 Å². The summed E-state index contributed by atoms with van der Waals surface area (Å²) in [7, 11) is 0. The largest absolute Gasteiger partial charge is 0.319 e. The Morgan fingerprint density at radius 3 is 3.00 bits per heavy atom. The van der Waals surface area contributed by atoms with E-state index in [1.165, 1.54) is 20.2 Å². The predicted molar refractivity (Wildman–Crippen MR) is 101 cm³/mol. The summed E-state index contributed by atoms with van der Waals surface area (Å²) < 4.78 is 1.25. The Hall–Kier alpha value is -0.490. The number of nitrogens with zero attached hydrogens (tertiary/aromatic N) is 2. The molecular formula is C15H14BrClN2S2. The molecule has 21 heavy (non-hydrogen) atoms. The van der Waals surface area contributed by atoms with Crippen molar-refractivity contribution in [2.45, 2.75) is 13.3 Å². The molecule has 3 heterocycles. The summed E-state index contributed by atoms with van der Waals surface area (Å²) in [5, 5.41) is 3.15. The molecule has 0 atom stereocenters. The number of aliphatic imine (C=N–C) groups is 1. The maximum absolute atomic E-state index is 6.30. The second kappa shape index (κ2) is 5.95. The number of thioether (sulfide) groups is 1.